The summed E-state index contributed by atoms with van der Waals surface area (Å²) in [5.41, 5.74) is -1.04. The molecule has 1 aliphatic heterocycles. The molecule has 0 aromatic heterocycles. The summed E-state index contributed by atoms with van der Waals surface area (Å²) < 4.78 is 26.2. The van der Waals surface area contributed by atoms with Crippen LogP contribution >= 0.6 is 0 Å². The molecule has 1 aliphatic rings. The second-order valence-corrected chi connectivity index (χ2v) is 6.91. The normalized spacial score (nSPS) is 19.6. The molecule has 0 aliphatic carbocycles. The van der Waals surface area contributed by atoms with Crippen molar-refractivity contribution in [3.05, 3.63) is 33.9 Å². The number of non-ortho nitro benzene ring substituents is 1. The molecule has 1 saturated heterocycles. The van der Waals surface area contributed by atoms with E-state index in [9.17, 15) is 23.3 Å². The lowest BCUT2D eigenvalue weighted by Gasteiger charge is -2.17. The van der Waals surface area contributed by atoms with Crippen molar-refractivity contribution in [2.75, 3.05) is 13.1 Å². The van der Waals surface area contributed by atoms with Crippen LogP contribution in [0.5, 0.6) is 0 Å². The Morgan fingerprint density at radius 1 is 1.48 bits per heavy atom. The van der Waals surface area contributed by atoms with Gasteiger partial charge in [-0.05, 0) is 18.4 Å². The first-order valence-corrected chi connectivity index (χ1v) is 7.69. The molecule has 1 atom stereocenters. The second-order valence-electron chi connectivity index (χ2n) is 5.00. The lowest BCUT2D eigenvalue weighted by atomic mass is 10.2. The maximum absolute atomic E-state index is 12.5. The summed E-state index contributed by atoms with van der Waals surface area (Å²) in [6.45, 7) is 2.54. The molecule has 1 aromatic carbocycles. The van der Waals surface area contributed by atoms with Gasteiger partial charge in [-0.2, -0.15) is 4.31 Å². The van der Waals surface area contributed by atoms with E-state index in [0.29, 0.717) is 19.5 Å². The van der Waals surface area contributed by atoms with Gasteiger partial charge in [0.1, 0.15) is 0 Å². The number of carbonyl (C=O) groups is 1. The maximum atomic E-state index is 12.5. The van der Waals surface area contributed by atoms with Crippen molar-refractivity contribution in [3.8, 4) is 0 Å². The van der Waals surface area contributed by atoms with E-state index in [1.165, 1.54) is 4.31 Å². The summed E-state index contributed by atoms with van der Waals surface area (Å²) in [5.74, 6) is -1.31. The number of sulfonamides is 1. The fraction of sp³-hybridized carbons (Fsp3) is 0.417. The van der Waals surface area contributed by atoms with E-state index in [2.05, 4.69) is 0 Å². The predicted molar refractivity (Wildman–Crippen MR) is 72.6 cm³/mol. The SMILES string of the molecule is CC1CCN(S(=O)(=O)c2ccc([N+](=O)[O-])cc2C(=O)O)C1. The molecule has 0 spiro atoms. The van der Waals surface area contributed by atoms with Crippen LogP contribution in [-0.4, -0.2) is 41.8 Å². The number of carboxylic acids is 1. The molecule has 1 fully saturated rings. The van der Waals surface area contributed by atoms with E-state index in [4.69, 9.17) is 5.11 Å². The van der Waals surface area contributed by atoms with Gasteiger partial charge in [0.05, 0.1) is 15.4 Å². The zero-order valence-electron chi connectivity index (χ0n) is 11.2. The Morgan fingerprint density at radius 2 is 2.14 bits per heavy atom. The van der Waals surface area contributed by atoms with Crippen molar-refractivity contribution < 1.29 is 23.2 Å². The van der Waals surface area contributed by atoms with Gasteiger partial charge in [-0.3, -0.25) is 10.1 Å². The molecule has 0 radical (unpaired) electrons. The van der Waals surface area contributed by atoms with Gasteiger partial charge in [-0.1, -0.05) is 6.92 Å². The average molecular weight is 314 g/mol. The van der Waals surface area contributed by atoms with Crippen molar-refractivity contribution in [2.24, 2.45) is 5.92 Å². The van der Waals surface area contributed by atoms with E-state index < -0.39 is 37.1 Å². The fourth-order valence-electron chi connectivity index (χ4n) is 2.28. The molecular weight excluding hydrogens is 300 g/mol. The average Bonchev–Trinajstić information content (AvgIpc) is 2.85. The highest BCUT2D eigenvalue weighted by Gasteiger charge is 2.34. The number of nitro groups is 1. The summed E-state index contributed by atoms with van der Waals surface area (Å²) in [7, 11) is -3.96. The van der Waals surface area contributed by atoms with E-state index in [1.807, 2.05) is 6.92 Å². The summed E-state index contributed by atoms with van der Waals surface area (Å²) in [5, 5.41) is 19.8. The van der Waals surface area contributed by atoms with Crippen molar-refractivity contribution in [1.82, 2.24) is 4.31 Å². The molecule has 0 saturated carbocycles. The van der Waals surface area contributed by atoms with Gasteiger partial charge in [-0.15, -0.1) is 0 Å². The van der Waals surface area contributed by atoms with Crippen LogP contribution in [0.25, 0.3) is 0 Å². The molecule has 0 bridgehead atoms. The summed E-state index contributed by atoms with van der Waals surface area (Å²) in [6.07, 6.45) is 0.703. The molecule has 21 heavy (non-hydrogen) atoms. The van der Waals surface area contributed by atoms with Gasteiger partial charge in [0.25, 0.3) is 5.69 Å². The van der Waals surface area contributed by atoms with Crippen LogP contribution in [0.2, 0.25) is 0 Å². The van der Waals surface area contributed by atoms with Crippen molar-refractivity contribution >= 4 is 21.7 Å². The molecule has 1 heterocycles. The maximum Gasteiger partial charge on any atom is 0.337 e. The van der Waals surface area contributed by atoms with Crippen LogP contribution in [0.3, 0.4) is 0 Å². The van der Waals surface area contributed by atoms with E-state index in [-0.39, 0.29) is 5.92 Å². The third-order valence-corrected chi connectivity index (χ3v) is 5.33. The van der Waals surface area contributed by atoms with Crippen LogP contribution in [0.1, 0.15) is 23.7 Å². The Morgan fingerprint density at radius 3 is 2.62 bits per heavy atom. The summed E-state index contributed by atoms with van der Waals surface area (Å²) in [6, 6.07) is 2.76. The number of nitrogens with zero attached hydrogens (tertiary/aromatic N) is 2. The van der Waals surface area contributed by atoms with Gasteiger partial charge < -0.3 is 5.11 Å². The molecule has 9 heteroatoms. The highest BCUT2D eigenvalue weighted by atomic mass is 32.2. The minimum Gasteiger partial charge on any atom is -0.478 e. The van der Waals surface area contributed by atoms with Crippen LogP contribution in [0.4, 0.5) is 5.69 Å². The van der Waals surface area contributed by atoms with Crippen LogP contribution in [0.15, 0.2) is 23.1 Å². The van der Waals surface area contributed by atoms with Gasteiger partial charge in [0, 0.05) is 25.2 Å². The Labute approximate surface area is 121 Å². The highest BCUT2D eigenvalue weighted by molar-refractivity contribution is 7.89. The highest BCUT2D eigenvalue weighted by Crippen LogP contribution is 2.28. The van der Waals surface area contributed by atoms with Crippen molar-refractivity contribution in [2.45, 2.75) is 18.2 Å². The van der Waals surface area contributed by atoms with Gasteiger partial charge in [0.15, 0.2) is 0 Å². The quantitative estimate of drug-likeness (QED) is 0.661. The Kier molecular flexibility index (Phi) is 3.97. The third-order valence-electron chi connectivity index (χ3n) is 3.41. The first-order chi connectivity index (χ1) is 9.73. The third kappa shape index (κ3) is 2.88. The number of nitro benzene ring substituents is 1. The minimum absolute atomic E-state index is 0.200. The van der Waals surface area contributed by atoms with Crippen molar-refractivity contribution in [3.63, 3.8) is 0 Å². The van der Waals surface area contributed by atoms with E-state index >= 15 is 0 Å². The van der Waals surface area contributed by atoms with E-state index in [1.54, 1.807) is 0 Å². The molecule has 1 N–H and O–H groups in total. The minimum atomic E-state index is -3.96. The zero-order valence-corrected chi connectivity index (χ0v) is 12.0. The van der Waals surface area contributed by atoms with Crippen LogP contribution in [-0.2, 0) is 10.0 Å². The first-order valence-electron chi connectivity index (χ1n) is 6.25. The lowest BCUT2D eigenvalue weighted by Crippen LogP contribution is -2.30. The molecule has 1 aromatic rings. The second kappa shape index (κ2) is 5.41. The smallest absolute Gasteiger partial charge is 0.337 e. The zero-order chi connectivity index (χ0) is 15.8. The molecular formula is C12H14N2O6S. The number of carboxylic acid groups (broad SMARTS) is 1. The predicted octanol–water partition coefficient (Wildman–Crippen LogP) is 1.32. The number of hydrogen-bond donors (Lipinski definition) is 1. The number of benzene rings is 1. The van der Waals surface area contributed by atoms with E-state index in [0.717, 1.165) is 18.2 Å². The monoisotopic (exact) mass is 314 g/mol. The molecule has 114 valence electrons. The first kappa shape index (κ1) is 15.4. The Balaban J connectivity index is 2.52. The topological polar surface area (TPSA) is 118 Å². The molecule has 2 rings (SSSR count). The van der Waals surface area contributed by atoms with Gasteiger partial charge in [-0.25, -0.2) is 13.2 Å². The molecule has 0 amide bonds. The van der Waals surface area contributed by atoms with Crippen LogP contribution < -0.4 is 0 Å². The summed E-state index contributed by atoms with van der Waals surface area (Å²) >= 11 is 0. The standard InChI is InChI=1S/C12H14N2O6S/c1-8-4-5-13(7-8)21(19,20)11-3-2-9(14(17)18)6-10(11)12(15)16/h2-3,6,8H,4-5,7H2,1H3,(H,15,16). The van der Waals surface area contributed by atoms with Gasteiger partial charge >= 0.3 is 5.97 Å². The Bertz CT molecular complexity index is 700. The number of aromatic carboxylic acids is 1. The van der Waals surface area contributed by atoms with Crippen molar-refractivity contribution in [1.29, 1.82) is 0 Å². The van der Waals surface area contributed by atoms with Gasteiger partial charge in [0.2, 0.25) is 10.0 Å². The molecule has 1 unspecified atom stereocenters. The Hall–Kier alpha value is -2.00. The number of rotatable bonds is 4. The largest absolute Gasteiger partial charge is 0.478 e. The lowest BCUT2D eigenvalue weighted by molar-refractivity contribution is -0.384. The molecule has 8 nitrogen and oxygen atoms in total. The van der Waals surface area contributed by atoms with Crippen LogP contribution in [0, 0.1) is 16.0 Å². The fourth-order valence-corrected chi connectivity index (χ4v) is 4.01. The number of hydrogen-bond acceptors (Lipinski definition) is 5. The summed E-state index contributed by atoms with van der Waals surface area (Å²) in [4.78, 5) is 20.7.